The number of nitrogens with one attached hydrogen (secondary N) is 1. The van der Waals surface area contributed by atoms with Crippen molar-refractivity contribution in [1.29, 1.82) is 0 Å². The Bertz CT molecular complexity index is 653. The lowest BCUT2D eigenvalue weighted by Crippen LogP contribution is -2.23. The summed E-state index contributed by atoms with van der Waals surface area (Å²) in [5, 5.41) is 0. The third-order valence-corrected chi connectivity index (χ3v) is 2.98. The van der Waals surface area contributed by atoms with Gasteiger partial charge in [0.1, 0.15) is 5.75 Å². The summed E-state index contributed by atoms with van der Waals surface area (Å²) >= 11 is -2.48. The molecule has 22 heavy (non-hydrogen) atoms. The SMILES string of the molecule is C=C1C=CC(NS(=O)[O-])=CN1c1ccc(OC(F)(F)F)cc1. The lowest BCUT2D eigenvalue weighted by Gasteiger charge is -2.26. The summed E-state index contributed by atoms with van der Waals surface area (Å²) < 4.78 is 63.5. The number of benzene rings is 1. The predicted molar refractivity (Wildman–Crippen MR) is 74.0 cm³/mol. The Morgan fingerprint density at radius 2 is 1.86 bits per heavy atom. The first-order chi connectivity index (χ1) is 10.2. The van der Waals surface area contributed by atoms with Gasteiger partial charge >= 0.3 is 6.36 Å². The molecular weight excluding hydrogens is 321 g/mol. The van der Waals surface area contributed by atoms with E-state index in [9.17, 15) is 21.9 Å². The van der Waals surface area contributed by atoms with Gasteiger partial charge in [0.2, 0.25) is 0 Å². The molecule has 118 valence electrons. The van der Waals surface area contributed by atoms with Gasteiger partial charge in [-0.3, -0.25) is 4.21 Å². The molecule has 1 N–H and O–H groups in total. The number of rotatable bonds is 4. The highest BCUT2D eigenvalue weighted by Gasteiger charge is 2.31. The van der Waals surface area contributed by atoms with E-state index in [1.54, 1.807) is 6.08 Å². The molecule has 1 aliphatic heterocycles. The van der Waals surface area contributed by atoms with Crippen LogP contribution >= 0.6 is 0 Å². The van der Waals surface area contributed by atoms with Crippen LogP contribution in [0.2, 0.25) is 0 Å². The molecule has 0 saturated heterocycles. The van der Waals surface area contributed by atoms with Crippen LogP contribution in [0, 0.1) is 0 Å². The number of nitrogens with zero attached hydrogens (tertiary/aromatic N) is 1. The molecule has 5 nitrogen and oxygen atoms in total. The van der Waals surface area contributed by atoms with Crippen LogP contribution in [0.1, 0.15) is 0 Å². The van der Waals surface area contributed by atoms with E-state index in [1.807, 2.05) is 0 Å². The van der Waals surface area contributed by atoms with E-state index in [2.05, 4.69) is 16.0 Å². The molecule has 1 heterocycles. The summed E-state index contributed by atoms with van der Waals surface area (Å²) in [6, 6.07) is 5.10. The molecular formula is C13H10F3N2O3S-. The fourth-order valence-electron chi connectivity index (χ4n) is 1.74. The van der Waals surface area contributed by atoms with E-state index in [-0.39, 0.29) is 11.4 Å². The molecule has 1 atom stereocenters. The monoisotopic (exact) mass is 331 g/mol. The second-order valence-corrected chi connectivity index (χ2v) is 4.83. The zero-order valence-corrected chi connectivity index (χ0v) is 11.8. The van der Waals surface area contributed by atoms with Gasteiger partial charge in [-0.2, -0.15) is 0 Å². The van der Waals surface area contributed by atoms with Crippen LogP contribution in [-0.2, 0) is 11.3 Å². The molecule has 0 radical (unpaired) electrons. The van der Waals surface area contributed by atoms with Crippen molar-refractivity contribution in [1.82, 2.24) is 4.72 Å². The maximum absolute atomic E-state index is 12.1. The smallest absolute Gasteiger partial charge is 0.573 e. The summed E-state index contributed by atoms with van der Waals surface area (Å²) in [5.74, 6) is -0.350. The maximum atomic E-state index is 12.1. The van der Waals surface area contributed by atoms with Crippen LogP contribution in [0.4, 0.5) is 18.9 Å². The number of alkyl halides is 3. The van der Waals surface area contributed by atoms with Gasteiger partial charge in [0, 0.05) is 28.9 Å². The van der Waals surface area contributed by atoms with Gasteiger partial charge in [-0.25, -0.2) is 0 Å². The molecule has 0 spiro atoms. The molecule has 2 rings (SSSR count). The number of halogens is 3. The number of anilines is 1. The second kappa shape index (κ2) is 6.24. The van der Waals surface area contributed by atoms with Gasteiger partial charge in [0.05, 0.1) is 5.70 Å². The zero-order valence-electron chi connectivity index (χ0n) is 11.0. The minimum absolute atomic E-state index is 0.288. The van der Waals surface area contributed by atoms with Gasteiger partial charge < -0.3 is 18.9 Å². The van der Waals surface area contributed by atoms with Crippen molar-refractivity contribution in [2.75, 3.05) is 4.90 Å². The number of ether oxygens (including phenoxy) is 1. The Labute approximate surface area is 126 Å². The molecule has 0 saturated carbocycles. The van der Waals surface area contributed by atoms with Crippen molar-refractivity contribution in [3.63, 3.8) is 0 Å². The first kappa shape index (κ1) is 16.1. The van der Waals surface area contributed by atoms with Crippen molar-refractivity contribution >= 4 is 17.0 Å². The number of hydrogen-bond donors (Lipinski definition) is 1. The largest absolute Gasteiger partial charge is 0.755 e. The topological polar surface area (TPSA) is 64.6 Å². The zero-order chi connectivity index (χ0) is 16.3. The third kappa shape index (κ3) is 4.37. The molecule has 1 unspecified atom stereocenters. The van der Waals surface area contributed by atoms with Gasteiger partial charge in [0.15, 0.2) is 0 Å². The van der Waals surface area contributed by atoms with Gasteiger partial charge in [-0.1, -0.05) is 6.58 Å². The van der Waals surface area contributed by atoms with E-state index < -0.39 is 17.6 Å². The molecule has 0 fully saturated rings. The quantitative estimate of drug-likeness (QED) is 0.862. The van der Waals surface area contributed by atoms with Crippen LogP contribution in [0.15, 0.2) is 60.6 Å². The highest BCUT2D eigenvalue weighted by atomic mass is 32.2. The van der Waals surface area contributed by atoms with Crippen LogP contribution in [0.5, 0.6) is 5.75 Å². The van der Waals surface area contributed by atoms with E-state index in [1.165, 1.54) is 29.3 Å². The van der Waals surface area contributed by atoms with Crippen LogP contribution in [0.3, 0.4) is 0 Å². The van der Waals surface area contributed by atoms with E-state index >= 15 is 0 Å². The first-order valence-electron chi connectivity index (χ1n) is 5.84. The molecule has 1 aliphatic rings. The van der Waals surface area contributed by atoms with Gasteiger partial charge in [-0.15, -0.1) is 13.2 Å². The number of hydrogen-bond acceptors (Lipinski definition) is 4. The second-order valence-electron chi connectivity index (χ2n) is 4.16. The summed E-state index contributed by atoms with van der Waals surface area (Å²) in [7, 11) is 0. The Morgan fingerprint density at radius 3 is 2.41 bits per heavy atom. The molecule has 0 amide bonds. The molecule has 0 aromatic heterocycles. The summed E-state index contributed by atoms with van der Waals surface area (Å²) in [6.45, 7) is 3.77. The first-order valence-corrected chi connectivity index (χ1v) is 6.92. The fourth-order valence-corrected chi connectivity index (χ4v) is 2.05. The fraction of sp³-hybridized carbons (Fsp3) is 0.0769. The molecule has 1 aromatic rings. The van der Waals surface area contributed by atoms with E-state index in [0.29, 0.717) is 11.4 Å². The highest BCUT2D eigenvalue weighted by Crippen LogP contribution is 2.28. The van der Waals surface area contributed by atoms with E-state index in [4.69, 9.17) is 0 Å². The summed E-state index contributed by atoms with van der Waals surface area (Å²) in [4.78, 5) is 1.52. The normalized spacial score (nSPS) is 16.3. The Kier molecular flexibility index (Phi) is 4.57. The van der Waals surface area contributed by atoms with Gasteiger partial charge in [-0.05, 0) is 36.4 Å². The highest BCUT2D eigenvalue weighted by molar-refractivity contribution is 7.77. The van der Waals surface area contributed by atoms with Crippen molar-refractivity contribution < 1.29 is 26.7 Å². The van der Waals surface area contributed by atoms with Crippen LogP contribution in [0.25, 0.3) is 0 Å². The minimum Gasteiger partial charge on any atom is -0.755 e. The van der Waals surface area contributed by atoms with Crippen molar-refractivity contribution in [2.45, 2.75) is 6.36 Å². The molecule has 1 aromatic carbocycles. The Hall–Kier alpha value is -2.26. The van der Waals surface area contributed by atoms with Crippen molar-refractivity contribution in [3.8, 4) is 5.75 Å². The Morgan fingerprint density at radius 1 is 1.23 bits per heavy atom. The standard InChI is InChI=1S/C13H11F3N2O3S/c1-9-2-3-10(17-22(19)20)8-18(9)11-4-6-12(7-5-11)21-13(14,15)16/h2-8,17H,1H2,(H,19,20)/p-1. The van der Waals surface area contributed by atoms with Crippen LogP contribution in [-0.4, -0.2) is 15.1 Å². The van der Waals surface area contributed by atoms with Crippen molar-refractivity contribution in [3.05, 3.63) is 60.6 Å². The maximum Gasteiger partial charge on any atom is 0.573 e. The lowest BCUT2D eigenvalue weighted by atomic mass is 10.2. The average molecular weight is 331 g/mol. The molecule has 9 heteroatoms. The van der Waals surface area contributed by atoms with E-state index in [0.717, 1.165) is 12.1 Å². The summed E-state index contributed by atoms with van der Waals surface area (Å²) in [5.41, 5.74) is 1.31. The summed E-state index contributed by atoms with van der Waals surface area (Å²) in [6.07, 6.45) is -0.225. The minimum atomic E-state index is -4.76. The molecule has 0 aliphatic carbocycles. The predicted octanol–water partition coefficient (Wildman–Crippen LogP) is 2.70. The van der Waals surface area contributed by atoms with Crippen molar-refractivity contribution in [2.24, 2.45) is 0 Å². The Balaban J connectivity index is 2.19. The molecule has 0 bridgehead atoms. The number of allylic oxidation sites excluding steroid dienone is 2. The lowest BCUT2D eigenvalue weighted by molar-refractivity contribution is -0.274. The third-order valence-electron chi connectivity index (χ3n) is 2.58. The van der Waals surface area contributed by atoms with Crippen LogP contribution < -0.4 is 14.4 Å². The average Bonchev–Trinajstić information content (AvgIpc) is 2.40. The van der Waals surface area contributed by atoms with Gasteiger partial charge in [0.25, 0.3) is 0 Å².